The van der Waals surface area contributed by atoms with Gasteiger partial charge in [0.2, 0.25) is 5.78 Å². The van der Waals surface area contributed by atoms with Gasteiger partial charge in [0.25, 0.3) is 0 Å². The van der Waals surface area contributed by atoms with Crippen LogP contribution in [0.1, 0.15) is 16.1 Å². The van der Waals surface area contributed by atoms with Gasteiger partial charge in [0, 0.05) is 10.7 Å². The molecule has 1 aromatic heterocycles. The molecule has 0 amide bonds. The first-order valence-electron chi connectivity index (χ1n) is 4.44. The number of benzene rings is 1. The molecular formula is C11H6BrFN2O. The highest BCUT2D eigenvalue weighted by Crippen LogP contribution is 2.17. The first-order chi connectivity index (χ1) is 7.68. The first-order valence-corrected chi connectivity index (χ1v) is 5.23. The molecule has 2 aromatic rings. The molecule has 0 aliphatic heterocycles. The third-order valence-corrected chi connectivity index (χ3v) is 2.48. The number of hydrogen-bond donors (Lipinski definition) is 0. The fourth-order valence-corrected chi connectivity index (χ4v) is 1.60. The van der Waals surface area contributed by atoms with E-state index < -0.39 is 11.6 Å². The number of halogens is 2. The fourth-order valence-electron chi connectivity index (χ4n) is 1.23. The van der Waals surface area contributed by atoms with Crippen LogP contribution in [0.25, 0.3) is 0 Å². The van der Waals surface area contributed by atoms with Crippen LogP contribution in [0.4, 0.5) is 4.39 Å². The Balaban J connectivity index is 2.46. The van der Waals surface area contributed by atoms with Gasteiger partial charge in [-0.05, 0) is 24.3 Å². The first kappa shape index (κ1) is 10.9. The van der Waals surface area contributed by atoms with Crippen LogP contribution in [0.5, 0.6) is 0 Å². The smallest absolute Gasteiger partial charge is 0.214 e. The Morgan fingerprint density at radius 1 is 1.31 bits per heavy atom. The summed E-state index contributed by atoms with van der Waals surface area (Å²) in [4.78, 5) is 19.3. The van der Waals surface area contributed by atoms with E-state index in [1.165, 1.54) is 36.8 Å². The summed E-state index contributed by atoms with van der Waals surface area (Å²) in [5, 5.41) is 0. The van der Waals surface area contributed by atoms with Crippen molar-refractivity contribution in [2.75, 3.05) is 0 Å². The molecule has 16 heavy (non-hydrogen) atoms. The Bertz CT molecular complexity index is 531. The number of hydrogen-bond acceptors (Lipinski definition) is 3. The van der Waals surface area contributed by atoms with Crippen LogP contribution >= 0.6 is 15.9 Å². The van der Waals surface area contributed by atoms with Crippen molar-refractivity contribution in [3.05, 3.63) is 58.3 Å². The van der Waals surface area contributed by atoms with Crippen molar-refractivity contribution in [3.8, 4) is 0 Å². The second-order valence-electron chi connectivity index (χ2n) is 3.05. The largest absolute Gasteiger partial charge is 0.287 e. The molecule has 80 valence electrons. The number of ketones is 1. The van der Waals surface area contributed by atoms with E-state index in [1.54, 1.807) is 0 Å². The van der Waals surface area contributed by atoms with Gasteiger partial charge in [0.05, 0.1) is 5.56 Å². The topological polar surface area (TPSA) is 42.9 Å². The number of rotatable bonds is 2. The van der Waals surface area contributed by atoms with Crippen LogP contribution in [0, 0.1) is 5.82 Å². The Morgan fingerprint density at radius 3 is 2.81 bits per heavy atom. The predicted octanol–water partition coefficient (Wildman–Crippen LogP) is 2.61. The maximum absolute atomic E-state index is 13.4. The SMILES string of the molecule is O=C(c1ccncn1)c1cc(Br)ccc1F. The summed E-state index contributed by atoms with van der Waals surface area (Å²) in [6.07, 6.45) is 2.69. The van der Waals surface area contributed by atoms with E-state index in [0.717, 1.165) is 0 Å². The molecular weight excluding hydrogens is 275 g/mol. The summed E-state index contributed by atoms with van der Waals surface area (Å²) < 4.78 is 14.1. The number of nitrogens with zero attached hydrogens (tertiary/aromatic N) is 2. The number of aromatic nitrogens is 2. The minimum absolute atomic E-state index is 0.00641. The summed E-state index contributed by atoms with van der Waals surface area (Å²) >= 11 is 3.19. The second-order valence-corrected chi connectivity index (χ2v) is 3.96. The predicted molar refractivity (Wildman–Crippen MR) is 59.6 cm³/mol. The van der Waals surface area contributed by atoms with Gasteiger partial charge in [0.15, 0.2) is 0 Å². The van der Waals surface area contributed by atoms with Gasteiger partial charge in [-0.3, -0.25) is 4.79 Å². The summed E-state index contributed by atoms with van der Waals surface area (Å²) in [6.45, 7) is 0. The molecule has 0 saturated heterocycles. The minimum atomic E-state index is -0.563. The second kappa shape index (κ2) is 4.49. The Morgan fingerprint density at radius 2 is 2.12 bits per heavy atom. The van der Waals surface area contributed by atoms with Crippen LogP contribution in [-0.2, 0) is 0 Å². The zero-order valence-electron chi connectivity index (χ0n) is 8.02. The maximum atomic E-state index is 13.4. The van der Waals surface area contributed by atoms with Gasteiger partial charge >= 0.3 is 0 Å². The van der Waals surface area contributed by atoms with E-state index in [4.69, 9.17) is 0 Å². The van der Waals surface area contributed by atoms with E-state index in [2.05, 4.69) is 25.9 Å². The maximum Gasteiger partial charge on any atom is 0.214 e. The Labute approximate surface area is 99.5 Å². The van der Waals surface area contributed by atoms with Crippen molar-refractivity contribution in [1.29, 1.82) is 0 Å². The van der Waals surface area contributed by atoms with E-state index in [-0.39, 0.29) is 11.3 Å². The minimum Gasteiger partial charge on any atom is -0.287 e. The lowest BCUT2D eigenvalue weighted by molar-refractivity contribution is 0.103. The molecule has 0 aliphatic rings. The Kier molecular flexibility index (Phi) is 3.05. The molecule has 0 bridgehead atoms. The monoisotopic (exact) mass is 280 g/mol. The fraction of sp³-hybridized carbons (Fsp3) is 0. The van der Waals surface area contributed by atoms with Crippen molar-refractivity contribution >= 4 is 21.7 Å². The van der Waals surface area contributed by atoms with Gasteiger partial charge in [-0.15, -0.1) is 0 Å². The van der Waals surface area contributed by atoms with Crippen LogP contribution in [0.2, 0.25) is 0 Å². The quantitative estimate of drug-likeness (QED) is 0.795. The van der Waals surface area contributed by atoms with Gasteiger partial charge in [-0.2, -0.15) is 0 Å². The molecule has 0 aliphatic carbocycles. The van der Waals surface area contributed by atoms with Gasteiger partial charge in [-0.1, -0.05) is 15.9 Å². The van der Waals surface area contributed by atoms with Crippen molar-refractivity contribution in [1.82, 2.24) is 9.97 Å². The van der Waals surface area contributed by atoms with Crippen LogP contribution in [-0.4, -0.2) is 15.8 Å². The molecule has 0 radical (unpaired) electrons. The lowest BCUT2D eigenvalue weighted by Gasteiger charge is -2.02. The molecule has 0 N–H and O–H groups in total. The van der Waals surface area contributed by atoms with E-state index in [9.17, 15) is 9.18 Å². The molecule has 0 fully saturated rings. The average molecular weight is 281 g/mol. The lowest BCUT2D eigenvalue weighted by atomic mass is 10.1. The van der Waals surface area contributed by atoms with Crippen LogP contribution < -0.4 is 0 Å². The standard InChI is InChI=1S/C11H6BrFN2O/c12-7-1-2-9(13)8(5-7)11(16)10-3-4-14-6-15-10/h1-6H. The molecule has 0 saturated carbocycles. The highest BCUT2D eigenvalue weighted by molar-refractivity contribution is 9.10. The molecule has 5 heteroatoms. The van der Waals surface area contributed by atoms with Crippen molar-refractivity contribution < 1.29 is 9.18 Å². The molecule has 3 nitrogen and oxygen atoms in total. The summed E-state index contributed by atoms with van der Waals surface area (Å²) in [5.74, 6) is -1.02. The van der Waals surface area contributed by atoms with Gasteiger partial charge < -0.3 is 0 Å². The number of carbonyl (C=O) groups is 1. The van der Waals surface area contributed by atoms with Crippen molar-refractivity contribution in [2.45, 2.75) is 0 Å². The highest BCUT2D eigenvalue weighted by Gasteiger charge is 2.15. The highest BCUT2D eigenvalue weighted by atomic mass is 79.9. The zero-order valence-corrected chi connectivity index (χ0v) is 9.61. The summed E-state index contributed by atoms with van der Waals surface area (Å²) in [5.41, 5.74) is 0.167. The number of carbonyl (C=O) groups excluding carboxylic acids is 1. The molecule has 1 heterocycles. The zero-order chi connectivity index (χ0) is 11.5. The van der Waals surface area contributed by atoms with E-state index in [0.29, 0.717) is 4.47 Å². The van der Waals surface area contributed by atoms with Crippen LogP contribution in [0.15, 0.2) is 41.3 Å². The third kappa shape index (κ3) is 2.14. The molecule has 0 unspecified atom stereocenters. The lowest BCUT2D eigenvalue weighted by Crippen LogP contribution is -2.06. The molecule has 0 spiro atoms. The van der Waals surface area contributed by atoms with E-state index in [1.807, 2.05) is 0 Å². The van der Waals surface area contributed by atoms with Crippen LogP contribution in [0.3, 0.4) is 0 Å². The van der Waals surface area contributed by atoms with E-state index >= 15 is 0 Å². The summed E-state index contributed by atoms with van der Waals surface area (Å²) in [6, 6.07) is 5.65. The van der Waals surface area contributed by atoms with Gasteiger partial charge in [0.1, 0.15) is 17.8 Å². The van der Waals surface area contributed by atoms with Crippen molar-refractivity contribution in [2.24, 2.45) is 0 Å². The molecule has 0 atom stereocenters. The average Bonchev–Trinajstić information content (AvgIpc) is 2.32. The molecule has 1 aromatic carbocycles. The third-order valence-electron chi connectivity index (χ3n) is 1.99. The normalized spacial score (nSPS) is 10.1. The van der Waals surface area contributed by atoms with Crippen molar-refractivity contribution in [3.63, 3.8) is 0 Å². The van der Waals surface area contributed by atoms with Gasteiger partial charge in [-0.25, -0.2) is 14.4 Å². The summed E-state index contributed by atoms with van der Waals surface area (Å²) in [7, 11) is 0. The Hall–Kier alpha value is -1.62. The molecule has 2 rings (SSSR count).